The van der Waals surface area contributed by atoms with E-state index in [-0.39, 0.29) is 17.9 Å². The van der Waals surface area contributed by atoms with E-state index in [2.05, 4.69) is 10.6 Å². The monoisotopic (exact) mass is 272 g/mol. The lowest BCUT2D eigenvalue weighted by Crippen LogP contribution is -2.49. The third-order valence-corrected chi connectivity index (χ3v) is 3.34. The van der Waals surface area contributed by atoms with Gasteiger partial charge in [-0.15, -0.1) is 0 Å². The third kappa shape index (κ3) is 4.80. The Morgan fingerprint density at radius 1 is 1.37 bits per heavy atom. The zero-order chi connectivity index (χ0) is 14.3. The zero-order valence-corrected chi connectivity index (χ0v) is 11.6. The van der Waals surface area contributed by atoms with Crippen LogP contribution in [0.5, 0.6) is 0 Å². The Bertz CT molecular complexity index is 309. The van der Waals surface area contributed by atoms with Gasteiger partial charge in [0.25, 0.3) is 0 Å². The number of carboxylic acids is 1. The van der Waals surface area contributed by atoms with Crippen LogP contribution in [0.25, 0.3) is 0 Å². The number of carbonyl (C=O) groups excluding carboxylic acids is 1. The number of likely N-dealkylation sites (N-methyl/N-ethyl adjacent to an activating group) is 1. The van der Waals surface area contributed by atoms with Crippen LogP contribution in [0, 0.1) is 5.92 Å². The van der Waals surface area contributed by atoms with Crippen molar-refractivity contribution in [3.8, 4) is 0 Å². The fraction of sp³-hybridized carbons (Fsp3) is 0.846. The van der Waals surface area contributed by atoms with Crippen LogP contribution in [0.1, 0.15) is 33.1 Å². The molecule has 0 spiro atoms. The molecule has 6 nitrogen and oxygen atoms in total. The van der Waals surface area contributed by atoms with Gasteiger partial charge < -0.3 is 20.5 Å². The summed E-state index contributed by atoms with van der Waals surface area (Å²) in [5.74, 6) is -1.50. The predicted molar refractivity (Wildman–Crippen MR) is 70.9 cm³/mol. The minimum atomic E-state index is -0.972. The normalized spacial score (nSPS) is 24.1. The first-order valence-electron chi connectivity index (χ1n) is 6.94. The molecule has 2 unspecified atom stereocenters. The highest BCUT2D eigenvalue weighted by molar-refractivity contribution is 5.85. The molecule has 1 aliphatic heterocycles. The summed E-state index contributed by atoms with van der Waals surface area (Å²) >= 11 is 0. The molecule has 1 saturated heterocycles. The summed E-state index contributed by atoms with van der Waals surface area (Å²) in [6.45, 7) is 5.57. The van der Waals surface area contributed by atoms with Gasteiger partial charge in [-0.2, -0.15) is 0 Å². The Labute approximate surface area is 113 Å². The van der Waals surface area contributed by atoms with Crippen LogP contribution < -0.4 is 10.6 Å². The molecule has 0 radical (unpaired) electrons. The second-order valence-electron chi connectivity index (χ2n) is 4.85. The average molecular weight is 272 g/mol. The van der Waals surface area contributed by atoms with Gasteiger partial charge in [0, 0.05) is 6.04 Å². The Morgan fingerprint density at radius 2 is 2.11 bits per heavy atom. The number of carbonyl (C=O) groups is 2. The van der Waals surface area contributed by atoms with Gasteiger partial charge in [0.2, 0.25) is 5.91 Å². The summed E-state index contributed by atoms with van der Waals surface area (Å²) < 4.78 is 5.30. The van der Waals surface area contributed by atoms with Crippen molar-refractivity contribution in [3.63, 3.8) is 0 Å². The van der Waals surface area contributed by atoms with Crippen LogP contribution in [-0.4, -0.2) is 48.8 Å². The molecule has 19 heavy (non-hydrogen) atoms. The Balaban J connectivity index is 2.53. The highest BCUT2D eigenvalue weighted by Gasteiger charge is 2.35. The van der Waals surface area contributed by atoms with E-state index in [4.69, 9.17) is 9.84 Å². The van der Waals surface area contributed by atoms with Gasteiger partial charge in [0.15, 0.2) is 0 Å². The van der Waals surface area contributed by atoms with E-state index in [9.17, 15) is 9.59 Å². The average Bonchev–Trinajstić information content (AvgIpc) is 2.82. The first-order valence-corrected chi connectivity index (χ1v) is 6.94. The van der Waals surface area contributed by atoms with Crippen LogP contribution in [-0.2, 0) is 14.3 Å². The van der Waals surface area contributed by atoms with Crippen LogP contribution >= 0.6 is 0 Å². The lowest BCUT2D eigenvalue weighted by molar-refractivity contribution is -0.142. The molecule has 3 atom stereocenters. The fourth-order valence-electron chi connectivity index (χ4n) is 2.22. The molecular formula is C13H24N2O4. The molecule has 0 saturated carbocycles. The van der Waals surface area contributed by atoms with Gasteiger partial charge >= 0.3 is 5.97 Å². The van der Waals surface area contributed by atoms with Gasteiger partial charge in [0.1, 0.15) is 6.04 Å². The number of aliphatic carboxylic acids is 1. The molecule has 0 aliphatic carbocycles. The Hall–Kier alpha value is -1.14. The predicted octanol–water partition coefficient (Wildman–Crippen LogP) is 0.371. The van der Waals surface area contributed by atoms with Crippen molar-refractivity contribution < 1.29 is 19.4 Å². The van der Waals surface area contributed by atoms with Crippen LogP contribution in [0.4, 0.5) is 0 Å². The molecule has 0 aromatic heterocycles. The summed E-state index contributed by atoms with van der Waals surface area (Å²) in [5, 5.41) is 14.9. The van der Waals surface area contributed by atoms with Crippen molar-refractivity contribution in [1.29, 1.82) is 0 Å². The number of hydrogen-bond donors (Lipinski definition) is 3. The van der Waals surface area contributed by atoms with E-state index in [0.29, 0.717) is 19.6 Å². The van der Waals surface area contributed by atoms with E-state index in [1.807, 2.05) is 13.8 Å². The number of nitrogens with one attached hydrogen (secondary N) is 2. The molecule has 1 amide bonds. The lowest BCUT2D eigenvalue weighted by Gasteiger charge is -2.20. The highest BCUT2D eigenvalue weighted by atomic mass is 16.5. The van der Waals surface area contributed by atoms with E-state index >= 15 is 0 Å². The standard InChI is InChI=1S/C13H24N2O4/c1-3-5-6-10(13(17)18)15-12(16)9-7-19-8-11(9)14-4-2/h9-11,14H,3-8H2,1-2H3,(H,15,16)(H,17,18)/t9?,10-,11?/m0/s1. The molecule has 0 aromatic carbocycles. The van der Waals surface area contributed by atoms with Crippen molar-refractivity contribution in [3.05, 3.63) is 0 Å². The number of amides is 1. The van der Waals surface area contributed by atoms with Gasteiger partial charge in [-0.05, 0) is 13.0 Å². The minimum absolute atomic E-state index is 0.0226. The first-order chi connectivity index (χ1) is 9.10. The smallest absolute Gasteiger partial charge is 0.326 e. The molecule has 1 fully saturated rings. The number of carboxylic acid groups (broad SMARTS) is 1. The quantitative estimate of drug-likeness (QED) is 0.594. The molecule has 3 N–H and O–H groups in total. The Kier molecular flexibility index (Phi) is 6.80. The maximum atomic E-state index is 12.1. The maximum Gasteiger partial charge on any atom is 0.326 e. The number of unbranched alkanes of at least 4 members (excludes halogenated alkanes) is 1. The molecule has 1 heterocycles. The van der Waals surface area contributed by atoms with Crippen LogP contribution in [0.15, 0.2) is 0 Å². The summed E-state index contributed by atoms with van der Waals surface area (Å²) in [5.41, 5.74) is 0. The summed E-state index contributed by atoms with van der Waals surface area (Å²) in [4.78, 5) is 23.2. The van der Waals surface area contributed by atoms with Crippen LogP contribution in [0.2, 0.25) is 0 Å². The van der Waals surface area contributed by atoms with Crippen molar-refractivity contribution in [2.75, 3.05) is 19.8 Å². The minimum Gasteiger partial charge on any atom is -0.480 e. The van der Waals surface area contributed by atoms with E-state index in [1.54, 1.807) is 0 Å². The summed E-state index contributed by atoms with van der Waals surface area (Å²) in [7, 11) is 0. The molecule has 1 aliphatic rings. The van der Waals surface area contributed by atoms with E-state index in [1.165, 1.54) is 0 Å². The number of hydrogen-bond acceptors (Lipinski definition) is 4. The summed E-state index contributed by atoms with van der Waals surface area (Å²) in [6.07, 6.45) is 2.16. The van der Waals surface area contributed by atoms with Gasteiger partial charge in [-0.1, -0.05) is 26.7 Å². The van der Waals surface area contributed by atoms with E-state index in [0.717, 1.165) is 19.4 Å². The number of ether oxygens (including phenoxy) is 1. The van der Waals surface area contributed by atoms with Crippen molar-refractivity contribution >= 4 is 11.9 Å². The van der Waals surface area contributed by atoms with E-state index < -0.39 is 12.0 Å². The second kappa shape index (κ2) is 8.12. The first kappa shape index (κ1) is 15.9. The molecule has 1 rings (SSSR count). The third-order valence-electron chi connectivity index (χ3n) is 3.34. The summed E-state index contributed by atoms with van der Waals surface area (Å²) in [6, 6.07) is -0.819. The molecule has 0 bridgehead atoms. The Morgan fingerprint density at radius 3 is 2.68 bits per heavy atom. The number of rotatable bonds is 8. The van der Waals surface area contributed by atoms with Crippen molar-refractivity contribution in [2.24, 2.45) is 5.92 Å². The maximum absolute atomic E-state index is 12.1. The fourth-order valence-corrected chi connectivity index (χ4v) is 2.22. The van der Waals surface area contributed by atoms with Gasteiger partial charge in [-0.25, -0.2) is 4.79 Å². The zero-order valence-electron chi connectivity index (χ0n) is 11.6. The molecular weight excluding hydrogens is 248 g/mol. The van der Waals surface area contributed by atoms with Gasteiger partial charge in [-0.3, -0.25) is 4.79 Å². The van der Waals surface area contributed by atoms with Crippen LogP contribution in [0.3, 0.4) is 0 Å². The topological polar surface area (TPSA) is 87.7 Å². The van der Waals surface area contributed by atoms with Crippen molar-refractivity contribution in [1.82, 2.24) is 10.6 Å². The molecule has 0 aromatic rings. The SMILES string of the molecule is CCCC[C@H](NC(=O)C1COCC1NCC)C(=O)O. The molecule has 110 valence electrons. The van der Waals surface area contributed by atoms with Gasteiger partial charge in [0.05, 0.1) is 19.1 Å². The largest absolute Gasteiger partial charge is 0.480 e. The second-order valence-corrected chi connectivity index (χ2v) is 4.85. The lowest BCUT2D eigenvalue weighted by atomic mass is 10.0. The van der Waals surface area contributed by atoms with Crippen molar-refractivity contribution in [2.45, 2.75) is 45.2 Å². The highest BCUT2D eigenvalue weighted by Crippen LogP contribution is 2.14. The molecule has 6 heteroatoms.